The fourth-order valence-corrected chi connectivity index (χ4v) is 2.27. The standard InChI is InChI=1S/C16H18O3/c1-18-16(19-2,14-11-7-4-8-12-14)15(17)13-9-5-3-6-10-13/h3,5-7,9-12H,4,8H2,1-2H3. The summed E-state index contributed by atoms with van der Waals surface area (Å²) in [6, 6.07) is 9.06. The third-order valence-electron chi connectivity index (χ3n) is 3.28. The Balaban J connectivity index is 2.42. The first-order valence-electron chi connectivity index (χ1n) is 6.32. The van der Waals surface area contributed by atoms with Gasteiger partial charge in [0.2, 0.25) is 5.78 Å². The number of carbonyl (C=O) groups excluding carboxylic acids is 1. The summed E-state index contributed by atoms with van der Waals surface area (Å²) < 4.78 is 10.9. The summed E-state index contributed by atoms with van der Waals surface area (Å²) in [5, 5.41) is 0. The van der Waals surface area contributed by atoms with Crippen molar-refractivity contribution in [3.05, 3.63) is 59.7 Å². The molecule has 0 spiro atoms. The predicted molar refractivity (Wildman–Crippen MR) is 74.0 cm³/mol. The smallest absolute Gasteiger partial charge is 0.260 e. The van der Waals surface area contributed by atoms with Crippen LogP contribution in [0.25, 0.3) is 0 Å². The fraction of sp³-hybridized carbons (Fsp3) is 0.312. The quantitative estimate of drug-likeness (QED) is 0.601. The molecule has 2 rings (SSSR count). The van der Waals surface area contributed by atoms with Gasteiger partial charge in [0.1, 0.15) is 0 Å². The SMILES string of the molecule is COC(OC)(C(=O)c1ccccc1)C1=CCCC=C1. The van der Waals surface area contributed by atoms with E-state index in [0.29, 0.717) is 5.56 Å². The van der Waals surface area contributed by atoms with E-state index in [2.05, 4.69) is 0 Å². The molecule has 0 saturated heterocycles. The Labute approximate surface area is 113 Å². The predicted octanol–water partition coefficient (Wildman–Crippen LogP) is 3.13. The second kappa shape index (κ2) is 5.95. The van der Waals surface area contributed by atoms with E-state index in [1.807, 2.05) is 36.4 Å². The van der Waals surface area contributed by atoms with Gasteiger partial charge in [0.25, 0.3) is 5.79 Å². The number of methoxy groups -OCH3 is 2. The van der Waals surface area contributed by atoms with Crippen molar-refractivity contribution in [2.24, 2.45) is 0 Å². The Hall–Kier alpha value is -1.71. The Morgan fingerprint density at radius 3 is 2.32 bits per heavy atom. The average molecular weight is 258 g/mol. The molecule has 0 aromatic heterocycles. The van der Waals surface area contributed by atoms with Gasteiger partial charge in [-0.05, 0) is 12.8 Å². The molecule has 0 unspecified atom stereocenters. The molecule has 3 nitrogen and oxygen atoms in total. The van der Waals surface area contributed by atoms with Crippen LogP contribution in [-0.4, -0.2) is 25.8 Å². The normalized spacial score (nSPS) is 15.2. The van der Waals surface area contributed by atoms with Crippen molar-refractivity contribution in [1.29, 1.82) is 0 Å². The van der Waals surface area contributed by atoms with Crippen molar-refractivity contribution in [3.8, 4) is 0 Å². The first kappa shape index (κ1) is 13.7. The van der Waals surface area contributed by atoms with Crippen LogP contribution in [0.5, 0.6) is 0 Å². The second-order valence-corrected chi connectivity index (χ2v) is 4.36. The lowest BCUT2D eigenvalue weighted by Gasteiger charge is -2.31. The van der Waals surface area contributed by atoms with E-state index < -0.39 is 5.79 Å². The first-order valence-corrected chi connectivity index (χ1v) is 6.32. The number of Topliss-reactive ketones (excluding diaryl/α,β-unsaturated/α-hetero) is 1. The number of benzene rings is 1. The highest BCUT2D eigenvalue weighted by molar-refractivity contribution is 6.04. The number of rotatable bonds is 5. The van der Waals surface area contributed by atoms with E-state index in [-0.39, 0.29) is 5.78 Å². The molecule has 0 N–H and O–H groups in total. The molecule has 1 aromatic rings. The lowest BCUT2D eigenvalue weighted by atomic mass is 9.92. The summed E-state index contributed by atoms with van der Waals surface area (Å²) >= 11 is 0. The minimum absolute atomic E-state index is 0.184. The molecule has 0 bridgehead atoms. The zero-order chi connectivity index (χ0) is 13.7. The summed E-state index contributed by atoms with van der Waals surface area (Å²) in [6.45, 7) is 0. The van der Waals surface area contributed by atoms with Crippen molar-refractivity contribution in [3.63, 3.8) is 0 Å². The number of allylic oxidation sites excluding steroid dienone is 2. The zero-order valence-electron chi connectivity index (χ0n) is 11.3. The molecular formula is C16H18O3. The second-order valence-electron chi connectivity index (χ2n) is 4.36. The van der Waals surface area contributed by atoms with E-state index in [9.17, 15) is 4.79 Å². The van der Waals surface area contributed by atoms with Gasteiger partial charge in [-0.1, -0.05) is 48.6 Å². The highest BCUT2D eigenvalue weighted by Crippen LogP contribution is 2.30. The first-order chi connectivity index (χ1) is 9.24. The van der Waals surface area contributed by atoms with Gasteiger partial charge in [-0.2, -0.15) is 0 Å². The lowest BCUT2D eigenvalue weighted by molar-refractivity contribution is -0.140. The van der Waals surface area contributed by atoms with Gasteiger partial charge < -0.3 is 9.47 Å². The molecule has 0 heterocycles. The molecule has 0 atom stereocenters. The molecule has 1 aliphatic carbocycles. The van der Waals surface area contributed by atoms with E-state index in [0.717, 1.165) is 18.4 Å². The van der Waals surface area contributed by atoms with Crippen LogP contribution in [0.15, 0.2) is 54.1 Å². The number of carbonyl (C=O) groups is 1. The van der Waals surface area contributed by atoms with Crippen LogP contribution >= 0.6 is 0 Å². The maximum atomic E-state index is 12.7. The Morgan fingerprint density at radius 2 is 1.79 bits per heavy atom. The third kappa shape index (κ3) is 2.53. The lowest BCUT2D eigenvalue weighted by Crippen LogP contribution is -2.44. The summed E-state index contributed by atoms with van der Waals surface area (Å²) in [4.78, 5) is 12.7. The molecule has 0 radical (unpaired) electrons. The Bertz CT molecular complexity index is 496. The molecule has 0 amide bonds. The highest BCUT2D eigenvalue weighted by atomic mass is 16.7. The van der Waals surface area contributed by atoms with Crippen LogP contribution < -0.4 is 0 Å². The summed E-state index contributed by atoms with van der Waals surface area (Å²) in [5.41, 5.74) is 1.34. The Morgan fingerprint density at radius 1 is 1.11 bits per heavy atom. The minimum atomic E-state index is -1.35. The molecule has 1 aromatic carbocycles. The van der Waals surface area contributed by atoms with Crippen LogP contribution in [0.4, 0.5) is 0 Å². The van der Waals surface area contributed by atoms with Crippen molar-refractivity contribution in [1.82, 2.24) is 0 Å². The molecule has 0 saturated carbocycles. The molecule has 100 valence electrons. The van der Waals surface area contributed by atoms with Gasteiger partial charge in [0.05, 0.1) is 0 Å². The molecule has 0 fully saturated rings. The van der Waals surface area contributed by atoms with Gasteiger partial charge in [-0.25, -0.2) is 0 Å². The van der Waals surface area contributed by atoms with E-state index >= 15 is 0 Å². The topological polar surface area (TPSA) is 35.5 Å². The summed E-state index contributed by atoms with van der Waals surface area (Å²) in [5.74, 6) is -1.53. The van der Waals surface area contributed by atoms with Crippen LogP contribution in [0, 0.1) is 0 Å². The van der Waals surface area contributed by atoms with E-state index in [1.54, 1.807) is 12.1 Å². The number of hydrogen-bond acceptors (Lipinski definition) is 3. The van der Waals surface area contributed by atoms with Gasteiger partial charge >= 0.3 is 0 Å². The van der Waals surface area contributed by atoms with Crippen molar-refractivity contribution >= 4 is 5.78 Å². The third-order valence-corrected chi connectivity index (χ3v) is 3.28. The number of ether oxygens (including phenoxy) is 2. The molecule has 1 aliphatic rings. The maximum absolute atomic E-state index is 12.7. The monoisotopic (exact) mass is 258 g/mol. The summed E-state index contributed by atoms with van der Waals surface area (Å²) in [6.07, 6.45) is 7.79. The fourth-order valence-electron chi connectivity index (χ4n) is 2.27. The number of ketones is 1. The molecule has 0 aliphatic heterocycles. The molecule has 3 heteroatoms. The maximum Gasteiger partial charge on any atom is 0.260 e. The number of hydrogen-bond donors (Lipinski definition) is 0. The van der Waals surface area contributed by atoms with Crippen molar-refractivity contribution in [2.75, 3.05) is 14.2 Å². The van der Waals surface area contributed by atoms with Gasteiger partial charge in [-0.3, -0.25) is 4.79 Å². The largest absolute Gasteiger partial charge is 0.343 e. The van der Waals surface area contributed by atoms with Crippen molar-refractivity contribution < 1.29 is 14.3 Å². The highest BCUT2D eigenvalue weighted by Gasteiger charge is 2.42. The average Bonchev–Trinajstić information content (AvgIpc) is 2.51. The molecular weight excluding hydrogens is 240 g/mol. The van der Waals surface area contributed by atoms with Gasteiger partial charge in [0, 0.05) is 25.4 Å². The minimum Gasteiger partial charge on any atom is -0.343 e. The Kier molecular flexibility index (Phi) is 4.30. The molecule has 19 heavy (non-hydrogen) atoms. The van der Waals surface area contributed by atoms with Crippen LogP contribution in [0.3, 0.4) is 0 Å². The van der Waals surface area contributed by atoms with E-state index in [1.165, 1.54) is 14.2 Å². The zero-order valence-corrected chi connectivity index (χ0v) is 11.3. The summed E-state index contributed by atoms with van der Waals surface area (Å²) in [7, 11) is 2.99. The van der Waals surface area contributed by atoms with Crippen LogP contribution in [-0.2, 0) is 9.47 Å². The van der Waals surface area contributed by atoms with Crippen LogP contribution in [0.1, 0.15) is 23.2 Å². The van der Waals surface area contributed by atoms with Crippen LogP contribution in [0.2, 0.25) is 0 Å². The van der Waals surface area contributed by atoms with Gasteiger partial charge in [-0.15, -0.1) is 0 Å². The van der Waals surface area contributed by atoms with Crippen molar-refractivity contribution in [2.45, 2.75) is 18.6 Å². The van der Waals surface area contributed by atoms with Gasteiger partial charge in [0.15, 0.2) is 0 Å². The van der Waals surface area contributed by atoms with E-state index in [4.69, 9.17) is 9.47 Å².